The van der Waals surface area contributed by atoms with Gasteiger partial charge in [0, 0.05) is 13.1 Å². The van der Waals surface area contributed by atoms with Gasteiger partial charge in [-0.05, 0) is 25.5 Å². The molecule has 2 heterocycles. The maximum atomic E-state index is 12.0. The lowest BCUT2D eigenvalue weighted by atomic mass is 9.90. The summed E-state index contributed by atoms with van der Waals surface area (Å²) in [6.07, 6.45) is 0.541. The molecule has 0 bridgehead atoms. The van der Waals surface area contributed by atoms with E-state index in [1.165, 1.54) is 0 Å². The fourth-order valence-electron chi connectivity index (χ4n) is 2.54. The molecule has 0 saturated carbocycles. The van der Waals surface area contributed by atoms with Crippen molar-refractivity contribution < 1.29 is 9.90 Å². The van der Waals surface area contributed by atoms with E-state index in [1.54, 1.807) is 25.1 Å². The molecule has 2 N–H and O–H groups in total. The van der Waals surface area contributed by atoms with Crippen molar-refractivity contribution in [3.63, 3.8) is 0 Å². The Morgan fingerprint density at radius 1 is 1.45 bits per heavy atom. The zero-order chi connectivity index (χ0) is 14.3. The Balaban J connectivity index is 2.00. The van der Waals surface area contributed by atoms with Crippen molar-refractivity contribution in [1.82, 2.24) is 9.97 Å². The summed E-state index contributed by atoms with van der Waals surface area (Å²) in [5.41, 5.74) is -0.366. The number of aliphatic carboxylic acids is 1. The van der Waals surface area contributed by atoms with Gasteiger partial charge in [0.25, 0.3) is 5.56 Å². The molecule has 1 saturated heterocycles. The lowest BCUT2D eigenvalue weighted by Gasteiger charge is -2.20. The van der Waals surface area contributed by atoms with E-state index in [0.29, 0.717) is 36.4 Å². The molecular formula is C14H15N3O3. The monoisotopic (exact) mass is 273 g/mol. The number of carbonyl (C=O) groups is 1. The second-order valence-corrected chi connectivity index (χ2v) is 5.44. The Bertz CT molecular complexity index is 740. The summed E-state index contributed by atoms with van der Waals surface area (Å²) in [7, 11) is 0. The first-order valence-corrected chi connectivity index (χ1v) is 6.47. The summed E-state index contributed by atoms with van der Waals surface area (Å²) in [6.45, 7) is 2.64. The normalized spacial score (nSPS) is 22.4. The number of para-hydroxylation sites is 1. The predicted octanol–water partition coefficient (Wildman–Crippen LogP) is 1.22. The molecule has 1 unspecified atom stereocenters. The molecule has 6 heteroatoms. The van der Waals surface area contributed by atoms with Gasteiger partial charge in [-0.25, -0.2) is 4.98 Å². The number of aromatic amines is 1. The van der Waals surface area contributed by atoms with Gasteiger partial charge in [0.05, 0.1) is 16.3 Å². The predicted molar refractivity (Wildman–Crippen MR) is 74.9 cm³/mol. The standard InChI is InChI=1S/C14H15N3O3/c1-14(12(19)20)6-7-17(8-14)13-15-10-5-3-2-4-9(10)11(18)16-13/h2-5H,6-8H2,1H3,(H,19,20)(H,15,16,18). The van der Waals surface area contributed by atoms with E-state index in [9.17, 15) is 14.7 Å². The van der Waals surface area contributed by atoms with E-state index in [4.69, 9.17) is 0 Å². The third-order valence-electron chi connectivity index (χ3n) is 3.89. The Kier molecular flexibility index (Phi) is 2.74. The molecule has 0 radical (unpaired) electrons. The molecule has 0 aliphatic carbocycles. The number of nitrogens with one attached hydrogen (secondary N) is 1. The zero-order valence-corrected chi connectivity index (χ0v) is 11.1. The van der Waals surface area contributed by atoms with Gasteiger partial charge in [-0.3, -0.25) is 14.6 Å². The molecule has 20 heavy (non-hydrogen) atoms. The van der Waals surface area contributed by atoms with E-state index in [1.807, 2.05) is 11.0 Å². The first-order chi connectivity index (χ1) is 9.49. The summed E-state index contributed by atoms with van der Waals surface area (Å²) < 4.78 is 0. The van der Waals surface area contributed by atoms with Gasteiger partial charge in [-0.1, -0.05) is 12.1 Å². The molecule has 1 fully saturated rings. The van der Waals surface area contributed by atoms with Gasteiger partial charge in [0.2, 0.25) is 5.95 Å². The SMILES string of the molecule is CC1(C(=O)O)CCN(c2nc3ccccc3c(=O)[nH]2)C1. The van der Waals surface area contributed by atoms with Crippen molar-refractivity contribution in [2.45, 2.75) is 13.3 Å². The van der Waals surface area contributed by atoms with E-state index >= 15 is 0 Å². The molecular weight excluding hydrogens is 258 g/mol. The molecule has 0 spiro atoms. The molecule has 1 aliphatic rings. The number of aromatic nitrogens is 2. The van der Waals surface area contributed by atoms with Crippen LogP contribution in [0.3, 0.4) is 0 Å². The highest BCUT2D eigenvalue weighted by Gasteiger charge is 2.41. The molecule has 0 amide bonds. The van der Waals surface area contributed by atoms with Gasteiger partial charge < -0.3 is 10.0 Å². The first-order valence-electron chi connectivity index (χ1n) is 6.47. The number of hydrogen-bond acceptors (Lipinski definition) is 4. The smallest absolute Gasteiger partial charge is 0.311 e. The number of carboxylic acid groups (broad SMARTS) is 1. The first kappa shape index (κ1) is 12.7. The van der Waals surface area contributed by atoms with Crippen LogP contribution >= 0.6 is 0 Å². The number of rotatable bonds is 2. The van der Waals surface area contributed by atoms with Gasteiger partial charge in [-0.2, -0.15) is 0 Å². The maximum Gasteiger partial charge on any atom is 0.311 e. The number of H-pyrrole nitrogens is 1. The van der Waals surface area contributed by atoms with Crippen molar-refractivity contribution in [3.8, 4) is 0 Å². The molecule has 6 nitrogen and oxygen atoms in total. The molecule has 1 aromatic carbocycles. The van der Waals surface area contributed by atoms with Crippen molar-refractivity contribution in [2.75, 3.05) is 18.0 Å². The van der Waals surface area contributed by atoms with Crippen LogP contribution in [0.15, 0.2) is 29.1 Å². The largest absolute Gasteiger partial charge is 0.481 e. The molecule has 1 aliphatic heterocycles. The highest BCUT2D eigenvalue weighted by Crippen LogP contribution is 2.31. The minimum Gasteiger partial charge on any atom is -0.481 e. The van der Waals surface area contributed by atoms with E-state index < -0.39 is 11.4 Å². The summed E-state index contributed by atoms with van der Waals surface area (Å²) in [5, 5.41) is 9.78. The number of carboxylic acids is 1. The van der Waals surface area contributed by atoms with E-state index in [0.717, 1.165) is 0 Å². The number of anilines is 1. The number of hydrogen-bond donors (Lipinski definition) is 2. The maximum absolute atomic E-state index is 12.0. The van der Waals surface area contributed by atoms with E-state index in [2.05, 4.69) is 9.97 Å². The minimum atomic E-state index is -0.817. The van der Waals surface area contributed by atoms with Crippen molar-refractivity contribution in [2.24, 2.45) is 5.41 Å². The molecule has 104 valence electrons. The molecule has 1 aromatic heterocycles. The number of benzene rings is 1. The summed E-state index contributed by atoms with van der Waals surface area (Å²) in [5.74, 6) is -0.373. The Morgan fingerprint density at radius 2 is 2.20 bits per heavy atom. The average molecular weight is 273 g/mol. The quantitative estimate of drug-likeness (QED) is 0.859. The lowest BCUT2D eigenvalue weighted by Crippen LogP contribution is -2.33. The van der Waals surface area contributed by atoms with Crippen LogP contribution in [0.4, 0.5) is 5.95 Å². The minimum absolute atomic E-state index is 0.200. The number of fused-ring (bicyclic) bond motifs is 1. The molecule has 1 atom stereocenters. The zero-order valence-electron chi connectivity index (χ0n) is 11.1. The summed E-state index contributed by atoms with van der Waals surface area (Å²) in [6, 6.07) is 7.11. The second-order valence-electron chi connectivity index (χ2n) is 5.44. The van der Waals surface area contributed by atoms with Crippen LogP contribution in [0.2, 0.25) is 0 Å². The molecule has 2 aromatic rings. The third-order valence-corrected chi connectivity index (χ3v) is 3.89. The Morgan fingerprint density at radius 3 is 2.90 bits per heavy atom. The van der Waals surface area contributed by atoms with Crippen LogP contribution in [-0.2, 0) is 4.79 Å². The third kappa shape index (κ3) is 1.93. The van der Waals surface area contributed by atoms with Crippen LogP contribution in [0, 0.1) is 5.41 Å². The van der Waals surface area contributed by atoms with Crippen LogP contribution in [0.1, 0.15) is 13.3 Å². The number of nitrogens with zero attached hydrogens (tertiary/aromatic N) is 2. The summed E-state index contributed by atoms with van der Waals surface area (Å²) in [4.78, 5) is 32.3. The highest BCUT2D eigenvalue weighted by atomic mass is 16.4. The summed E-state index contributed by atoms with van der Waals surface area (Å²) >= 11 is 0. The van der Waals surface area contributed by atoms with Crippen molar-refractivity contribution >= 4 is 22.8 Å². The molecule has 3 rings (SSSR count). The van der Waals surface area contributed by atoms with Crippen molar-refractivity contribution in [3.05, 3.63) is 34.6 Å². The second kappa shape index (κ2) is 4.33. The van der Waals surface area contributed by atoms with E-state index in [-0.39, 0.29) is 5.56 Å². The topological polar surface area (TPSA) is 86.3 Å². The van der Waals surface area contributed by atoms with Gasteiger partial charge in [-0.15, -0.1) is 0 Å². The lowest BCUT2D eigenvalue weighted by molar-refractivity contribution is -0.146. The van der Waals surface area contributed by atoms with Gasteiger partial charge >= 0.3 is 5.97 Å². The van der Waals surface area contributed by atoms with Crippen LogP contribution in [-0.4, -0.2) is 34.1 Å². The Labute approximate surface area is 115 Å². The Hall–Kier alpha value is -2.37. The average Bonchev–Trinajstić information content (AvgIpc) is 2.83. The van der Waals surface area contributed by atoms with Crippen molar-refractivity contribution in [1.29, 1.82) is 0 Å². The van der Waals surface area contributed by atoms with Crippen LogP contribution in [0.25, 0.3) is 10.9 Å². The fourth-order valence-corrected chi connectivity index (χ4v) is 2.54. The van der Waals surface area contributed by atoms with Gasteiger partial charge in [0.1, 0.15) is 0 Å². The van der Waals surface area contributed by atoms with Crippen LogP contribution < -0.4 is 10.5 Å². The van der Waals surface area contributed by atoms with Crippen LogP contribution in [0.5, 0.6) is 0 Å². The van der Waals surface area contributed by atoms with Gasteiger partial charge in [0.15, 0.2) is 0 Å². The fraction of sp³-hybridized carbons (Fsp3) is 0.357. The highest BCUT2D eigenvalue weighted by molar-refractivity contribution is 5.79.